The van der Waals surface area contributed by atoms with Crippen LogP contribution < -0.4 is 5.73 Å². The zero-order valence-electron chi connectivity index (χ0n) is 12.0. The van der Waals surface area contributed by atoms with E-state index in [1.807, 2.05) is 11.8 Å². The Labute approximate surface area is 127 Å². The summed E-state index contributed by atoms with van der Waals surface area (Å²) in [5.41, 5.74) is 5.79. The van der Waals surface area contributed by atoms with Gasteiger partial charge in [-0.05, 0) is 31.2 Å². The van der Waals surface area contributed by atoms with E-state index in [4.69, 9.17) is 5.73 Å². The molecule has 0 aromatic heterocycles. The first-order valence-corrected chi connectivity index (χ1v) is 8.28. The van der Waals surface area contributed by atoms with Crippen LogP contribution in [0.15, 0.2) is 0 Å². The molecule has 112 valence electrons. The Morgan fingerprint density at radius 3 is 2.79 bits per heavy atom. The van der Waals surface area contributed by atoms with Gasteiger partial charge in [0, 0.05) is 30.0 Å². The zero-order valence-corrected chi connectivity index (χ0v) is 13.6. The lowest BCUT2D eigenvalue weighted by atomic mass is 9.94. The van der Waals surface area contributed by atoms with Gasteiger partial charge in [-0.1, -0.05) is 20.3 Å². The van der Waals surface area contributed by atoms with E-state index < -0.39 is 0 Å². The lowest BCUT2D eigenvalue weighted by molar-refractivity contribution is -0.136. The number of thioether (sulfide) groups is 1. The number of nitrogens with zero attached hydrogens (tertiary/aromatic N) is 1. The molecule has 3 atom stereocenters. The number of hydrogen-bond acceptors (Lipinski definition) is 3. The molecule has 1 unspecified atom stereocenters. The molecule has 0 aromatic carbocycles. The molecular formula is C14H27ClN2OS. The van der Waals surface area contributed by atoms with Gasteiger partial charge in [-0.3, -0.25) is 4.79 Å². The third kappa shape index (κ3) is 4.02. The SMILES string of the molecule is CC(C)C1CN(C(=O)[C@@H]2CCC[C@@H]2CN)CCS1.Cl. The van der Waals surface area contributed by atoms with Gasteiger partial charge in [0.05, 0.1) is 0 Å². The van der Waals surface area contributed by atoms with E-state index in [1.165, 1.54) is 6.42 Å². The molecule has 3 nitrogen and oxygen atoms in total. The van der Waals surface area contributed by atoms with Crippen LogP contribution in [0, 0.1) is 17.8 Å². The minimum atomic E-state index is 0. The van der Waals surface area contributed by atoms with Gasteiger partial charge in [-0.15, -0.1) is 12.4 Å². The number of amides is 1. The van der Waals surface area contributed by atoms with Crippen LogP contribution in [-0.4, -0.2) is 41.4 Å². The first kappa shape index (κ1) is 17.1. The van der Waals surface area contributed by atoms with Gasteiger partial charge in [0.15, 0.2) is 0 Å². The van der Waals surface area contributed by atoms with Crippen molar-refractivity contribution in [1.29, 1.82) is 0 Å². The predicted octanol–water partition coefficient (Wildman–Crippen LogP) is 2.38. The lowest BCUT2D eigenvalue weighted by Crippen LogP contribution is -2.47. The van der Waals surface area contributed by atoms with Crippen molar-refractivity contribution in [2.24, 2.45) is 23.5 Å². The Morgan fingerprint density at radius 1 is 1.42 bits per heavy atom. The van der Waals surface area contributed by atoms with E-state index in [0.717, 1.165) is 31.7 Å². The van der Waals surface area contributed by atoms with Crippen molar-refractivity contribution in [3.63, 3.8) is 0 Å². The Bertz CT molecular complexity index is 301. The number of carbonyl (C=O) groups excluding carboxylic acids is 1. The second-order valence-corrected chi connectivity index (χ2v) is 7.32. The van der Waals surface area contributed by atoms with Gasteiger partial charge in [0.1, 0.15) is 0 Å². The van der Waals surface area contributed by atoms with E-state index in [2.05, 4.69) is 18.7 Å². The average Bonchev–Trinajstić information content (AvgIpc) is 2.86. The summed E-state index contributed by atoms with van der Waals surface area (Å²) in [5, 5.41) is 0.612. The van der Waals surface area contributed by atoms with Crippen LogP contribution in [0.3, 0.4) is 0 Å². The van der Waals surface area contributed by atoms with Crippen LogP contribution in [-0.2, 0) is 4.79 Å². The van der Waals surface area contributed by atoms with Gasteiger partial charge in [0.25, 0.3) is 0 Å². The molecule has 0 aromatic rings. The van der Waals surface area contributed by atoms with E-state index in [9.17, 15) is 4.79 Å². The molecule has 0 bridgehead atoms. The molecule has 2 aliphatic rings. The van der Waals surface area contributed by atoms with Crippen molar-refractivity contribution in [3.8, 4) is 0 Å². The van der Waals surface area contributed by atoms with Crippen molar-refractivity contribution >= 4 is 30.1 Å². The first-order chi connectivity index (χ1) is 8.63. The summed E-state index contributed by atoms with van der Waals surface area (Å²) in [7, 11) is 0. The van der Waals surface area contributed by atoms with Crippen LogP contribution in [0.4, 0.5) is 0 Å². The molecule has 2 fully saturated rings. The number of halogens is 1. The second kappa shape index (κ2) is 7.75. The highest BCUT2D eigenvalue weighted by Crippen LogP contribution is 2.34. The Morgan fingerprint density at radius 2 is 2.16 bits per heavy atom. The fraction of sp³-hybridized carbons (Fsp3) is 0.929. The van der Waals surface area contributed by atoms with E-state index in [0.29, 0.717) is 29.5 Å². The van der Waals surface area contributed by atoms with Crippen molar-refractivity contribution in [1.82, 2.24) is 4.90 Å². The molecule has 0 spiro atoms. The molecule has 1 aliphatic carbocycles. The van der Waals surface area contributed by atoms with Crippen molar-refractivity contribution in [2.75, 3.05) is 25.4 Å². The molecule has 1 aliphatic heterocycles. The standard InChI is InChI=1S/C14H26N2OS.ClH/c1-10(2)13-9-16(6-7-18-13)14(17)12-5-3-4-11(12)8-15;/h10-13H,3-9,15H2,1-2H3;1H/t11-,12-,13?;/m1./s1. The third-order valence-corrected chi connectivity index (χ3v) is 5.97. The lowest BCUT2D eigenvalue weighted by Gasteiger charge is -2.36. The van der Waals surface area contributed by atoms with Crippen molar-refractivity contribution in [2.45, 2.75) is 38.4 Å². The number of rotatable bonds is 3. The number of carbonyl (C=O) groups is 1. The highest BCUT2D eigenvalue weighted by molar-refractivity contribution is 8.00. The normalized spacial score (nSPS) is 31.4. The molecule has 19 heavy (non-hydrogen) atoms. The van der Waals surface area contributed by atoms with Crippen LogP contribution in [0.25, 0.3) is 0 Å². The highest BCUT2D eigenvalue weighted by Gasteiger charge is 2.36. The van der Waals surface area contributed by atoms with Crippen LogP contribution in [0.1, 0.15) is 33.1 Å². The monoisotopic (exact) mass is 306 g/mol. The molecule has 1 saturated heterocycles. The largest absolute Gasteiger partial charge is 0.341 e. The number of nitrogens with two attached hydrogens (primary N) is 1. The van der Waals surface area contributed by atoms with Gasteiger partial charge in [-0.2, -0.15) is 11.8 Å². The Balaban J connectivity index is 0.00000180. The van der Waals surface area contributed by atoms with Crippen molar-refractivity contribution in [3.05, 3.63) is 0 Å². The fourth-order valence-corrected chi connectivity index (χ4v) is 4.46. The molecule has 2 N–H and O–H groups in total. The summed E-state index contributed by atoms with van der Waals surface area (Å²) >= 11 is 2.02. The van der Waals surface area contributed by atoms with Crippen LogP contribution in [0.2, 0.25) is 0 Å². The summed E-state index contributed by atoms with van der Waals surface area (Å²) in [4.78, 5) is 14.7. The highest BCUT2D eigenvalue weighted by atomic mass is 35.5. The Kier molecular flexibility index (Phi) is 6.98. The van der Waals surface area contributed by atoms with E-state index >= 15 is 0 Å². The van der Waals surface area contributed by atoms with Gasteiger partial charge < -0.3 is 10.6 Å². The quantitative estimate of drug-likeness (QED) is 0.871. The molecule has 2 rings (SSSR count). The van der Waals surface area contributed by atoms with Gasteiger partial charge in [-0.25, -0.2) is 0 Å². The topological polar surface area (TPSA) is 46.3 Å². The van der Waals surface area contributed by atoms with E-state index in [1.54, 1.807) is 0 Å². The molecule has 1 saturated carbocycles. The molecule has 1 heterocycles. The maximum atomic E-state index is 12.6. The average molecular weight is 307 g/mol. The minimum Gasteiger partial charge on any atom is -0.341 e. The van der Waals surface area contributed by atoms with Crippen LogP contribution in [0.5, 0.6) is 0 Å². The summed E-state index contributed by atoms with van der Waals surface area (Å²) in [6, 6.07) is 0. The van der Waals surface area contributed by atoms with Crippen molar-refractivity contribution < 1.29 is 4.79 Å². The fourth-order valence-electron chi connectivity index (χ4n) is 3.16. The zero-order chi connectivity index (χ0) is 13.1. The summed E-state index contributed by atoms with van der Waals surface area (Å²) in [6.07, 6.45) is 3.37. The molecule has 1 amide bonds. The van der Waals surface area contributed by atoms with Gasteiger partial charge >= 0.3 is 0 Å². The predicted molar refractivity (Wildman–Crippen MR) is 84.8 cm³/mol. The minimum absolute atomic E-state index is 0. The molecular weight excluding hydrogens is 280 g/mol. The summed E-state index contributed by atoms with van der Waals surface area (Å²) < 4.78 is 0. The smallest absolute Gasteiger partial charge is 0.226 e. The summed E-state index contributed by atoms with van der Waals surface area (Å²) in [5.74, 6) is 2.78. The number of hydrogen-bond donors (Lipinski definition) is 1. The molecule has 5 heteroatoms. The summed E-state index contributed by atoms with van der Waals surface area (Å²) in [6.45, 7) is 7.05. The van der Waals surface area contributed by atoms with Crippen LogP contribution >= 0.6 is 24.2 Å². The Hall–Kier alpha value is 0.0700. The maximum Gasteiger partial charge on any atom is 0.226 e. The first-order valence-electron chi connectivity index (χ1n) is 7.24. The second-order valence-electron chi connectivity index (χ2n) is 5.97. The molecule has 0 radical (unpaired) electrons. The maximum absolute atomic E-state index is 12.6. The van der Waals surface area contributed by atoms with E-state index in [-0.39, 0.29) is 18.3 Å². The third-order valence-electron chi connectivity index (χ3n) is 4.43. The van der Waals surface area contributed by atoms with Gasteiger partial charge in [0.2, 0.25) is 5.91 Å².